The van der Waals surface area contributed by atoms with Crippen molar-refractivity contribution < 1.29 is 17.5 Å². The molecule has 2 N–H and O–H groups in total. The van der Waals surface area contributed by atoms with Crippen LogP contribution in [-0.4, -0.2) is 43.5 Å². The number of hydrogen-bond acceptors (Lipinski definition) is 7. The molecule has 3 aromatic carbocycles. The van der Waals surface area contributed by atoms with Crippen molar-refractivity contribution in [3.63, 3.8) is 0 Å². The van der Waals surface area contributed by atoms with Gasteiger partial charge in [-0.3, -0.25) is 0 Å². The maximum Gasteiger partial charge on any atom is 0.148 e. The van der Waals surface area contributed by atoms with Gasteiger partial charge in [0.25, 0.3) is 0 Å². The number of nitrogens with one attached hydrogen (secondary N) is 2. The van der Waals surface area contributed by atoms with Crippen molar-refractivity contribution in [2.24, 2.45) is 0 Å². The summed E-state index contributed by atoms with van der Waals surface area (Å²) in [5.74, 6) is 0.926. The first kappa shape index (κ1) is 25.8. The van der Waals surface area contributed by atoms with E-state index in [0.717, 1.165) is 28.6 Å². The van der Waals surface area contributed by atoms with E-state index in [0.29, 0.717) is 35.2 Å². The van der Waals surface area contributed by atoms with Crippen LogP contribution in [0.15, 0.2) is 67.0 Å². The van der Waals surface area contributed by atoms with Crippen molar-refractivity contribution in [1.82, 2.24) is 15.3 Å². The molecule has 0 saturated carbocycles. The summed E-state index contributed by atoms with van der Waals surface area (Å²) in [6, 6.07) is 17.5. The zero-order chi connectivity index (χ0) is 25.5. The Balaban J connectivity index is 1.42. The second-order valence-electron chi connectivity index (χ2n) is 8.39. The molecule has 0 aliphatic carbocycles. The van der Waals surface area contributed by atoms with Crippen LogP contribution in [-0.2, 0) is 22.9 Å². The summed E-state index contributed by atoms with van der Waals surface area (Å²) in [6.45, 7) is 1.28. The van der Waals surface area contributed by atoms with E-state index in [9.17, 15) is 12.8 Å². The molecule has 0 saturated heterocycles. The Morgan fingerprint density at radius 1 is 1.00 bits per heavy atom. The highest BCUT2D eigenvalue weighted by Gasteiger charge is 2.09. The van der Waals surface area contributed by atoms with Gasteiger partial charge in [0.2, 0.25) is 0 Å². The Hall–Kier alpha value is -3.27. The molecule has 0 bridgehead atoms. The van der Waals surface area contributed by atoms with Crippen LogP contribution in [0.1, 0.15) is 11.1 Å². The maximum absolute atomic E-state index is 13.4. The number of anilines is 2. The van der Waals surface area contributed by atoms with E-state index in [1.54, 1.807) is 24.3 Å². The maximum atomic E-state index is 13.4. The zero-order valence-corrected chi connectivity index (χ0v) is 21.2. The van der Waals surface area contributed by atoms with Crippen molar-refractivity contribution >= 4 is 43.8 Å². The predicted octanol–water partition coefficient (Wildman–Crippen LogP) is 4.92. The fraction of sp³-hybridized carbons (Fsp3) is 0.231. The fourth-order valence-corrected chi connectivity index (χ4v) is 4.34. The molecule has 0 radical (unpaired) electrons. The molecular formula is C26H26ClFN4O3S. The van der Waals surface area contributed by atoms with Gasteiger partial charge in [-0.25, -0.2) is 22.8 Å². The van der Waals surface area contributed by atoms with E-state index in [2.05, 4.69) is 20.6 Å². The third-order valence-corrected chi connectivity index (χ3v) is 6.66. The highest BCUT2D eigenvalue weighted by Crippen LogP contribution is 2.31. The van der Waals surface area contributed by atoms with Crippen molar-refractivity contribution in [2.75, 3.05) is 30.4 Å². The lowest BCUT2D eigenvalue weighted by molar-refractivity contribution is 0.306. The second-order valence-corrected chi connectivity index (χ2v) is 11.1. The summed E-state index contributed by atoms with van der Waals surface area (Å²) < 4.78 is 41.6. The molecule has 0 spiro atoms. The number of halogens is 2. The number of hydrogen-bond donors (Lipinski definition) is 2. The third-order valence-electron chi connectivity index (χ3n) is 5.42. The van der Waals surface area contributed by atoms with Crippen LogP contribution in [0.5, 0.6) is 5.75 Å². The van der Waals surface area contributed by atoms with Gasteiger partial charge in [-0.2, -0.15) is 0 Å². The van der Waals surface area contributed by atoms with E-state index in [-0.39, 0.29) is 18.2 Å². The third kappa shape index (κ3) is 7.36. The van der Waals surface area contributed by atoms with Crippen molar-refractivity contribution in [3.8, 4) is 5.75 Å². The first-order valence-electron chi connectivity index (χ1n) is 11.3. The second kappa shape index (κ2) is 11.6. The minimum Gasteiger partial charge on any atom is -0.487 e. The van der Waals surface area contributed by atoms with E-state index in [4.69, 9.17) is 16.3 Å². The average Bonchev–Trinajstić information content (AvgIpc) is 2.83. The zero-order valence-electron chi connectivity index (χ0n) is 19.7. The summed E-state index contributed by atoms with van der Waals surface area (Å²) >= 11 is 6.43. The predicted molar refractivity (Wildman–Crippen MR) is 141 cm³/mol. The minimum absolute atomic E-state index is 0.115. The van der Waals surface area contributed by atoms with Crippen LogP contribution in [0, 0.1) is 5.82 Å². The Kier molecular flexibility index (Phi) is 8.35. The molecule has 10 heteroatoms. The number of rotatable bonds is 11. The lowest BCUT2D eigenvalue weighted by Gasteiger charge is -2.12. The van der Waals surface area contributed by atoms with E-state index >= 15 is 0 Å². The smallest absolute Gasteiger partial charge is 0.148 e. The quantitative estimate of drug-likeness (QED) is 0.267. The van der Waals surface area contributed by atoms with E-state index < -0.39 is 9.84 Å². The Morgan fingerprint density at radius 3 is 2.64 bits per heavy atom. The topological polar surface area (TPSA) is 93.2 Å². The van der Waals surface area contributed by atoms with E-state index in [1.165, 1.54) is 24.7 Å². The highest BCUT2D eigenvalue weighted by molar-refractivity contribution is 7.90. The molecule has 4 rings (SSSR count). The van der Waals surface area contributed by atoms with Crippen molar-refractivity contribution in [3.05, 3.63) is 89.0 Å². The molecule has 1 heterocycles. The summed E-state index contributed by atoms with van der Waals surface area (Å²) in [4.78, 5) is 8.75. The van der Waals surface area contributed by atoms with Crippen LogP contribution in [0.3, 0.4) is 0 Å². The number of sulfone groups is 1. The number of ether oxygens (including phenoxy) is 1. The van der Waals surface area contributed by atoms with Gasteiger partial charge >= 0.3 is 0 Å². The molecule has 0 aliphatic heterocycles. The largest absolute Gasteiger partial charge is 0.487 e. The lowest BCUT2D eigenvalue weighted by Crippen LogP contribution is -2.24. The lowest BCUT2D eigenvalue weighted by atomic mass is 10.1. The number of fused-ring (bicyclic) bond motifs is 1. The molecule has 0 fully saturated rings. The van der Waals surface area contributed by atoms with Gasteiger partial charge in [0.1, 0.15) is 40.2 Å². The van der Waals surface area contributed by atoms with Crippen LogP contribution < -0.4 is 15.4 Å². The Labute approximate surface area is 214 Å². The summed E-state index contributed by atoms with van der Waals surface area (Å²) in [6.07, 6.45) is 3.46. The van der Waals surface area contributed by atoms with E-state index in [1.807, 2.05) is 24.3 Å². The molecule has 4 aromatic rings. The first-order chi connectivity index (χ1) is 17.3. The van der Waals surface area contributed by atoms with Gasteiger partial charge in [-0.05, 0) is 66.6 Å². The normalized spacial score (nSPS) is 11.5. The average molecular weight is 529 g/mol. The van der Waals surface area contributed by atoms with Gasteiger partial charge in [-0.1, -0.05) is 29.8 Å². The monoisotopic (exact) mass is 528 g/mol. The summed E-state index contributed by atoms with van der Waals surface area (Å²) in [5, 5.41) is 7.72. The molecule has 188 valence electrons. The SMILES string of the molecule is CS(=O)(=O)CCNCCc1ccc2ncnc(Nc3ccc(OCc4cccc(F)c4)c(Cl)c3)c2c1. The van der Waals surface area contributed by atoms with Gasteiger partial charge in [0, 0.05) is 23.9 Å². The molecular weight excluding hydrogens is 503 g/mol. The fourth-order valence-electron chi connectivity index (χ4n) is 3.59. The van der Waals surface area contributed by atoms with Crippen LogP contribution in [0.25, 0.3) is 10.9 Å². The summed E-state index contributed by atoms with van der Waals surface area (Å²) in [5.41, 5.74) is 3.31. The number of aromatic nitrogens is 2. The highest BCUT2D eigenvalue weighted by atomic mass is 35.5. The van der Waals surface area contributed by atoms with Crippen molar-refractivity contribution in [2.45, 2.75) is 13.0 Å². The number of nitrogens with zero attached hydrogens (tertiary/aromatic N) is 2. The molecule has 1 aromatic heterocycles. The van der Waals surface area contributed by atoms with Gasteiger partial charge < -0.3 is 15.4 Å². The van der Waals surface area contributed by atoms with Crippen LogP contribution in [0.2, 0.25) is 5.02 Å². The molecule has 0 aliphatic rings. The van der Waals surface area contributed by atoms with Crippen LogP contribution >= 0.6 is 11.6 Å². The molecule has 7 nitrogen and oxygen atoms in total. The molecule has 0 atom stereocenters. The molecule has 0 unspecified atom stereocenters. The van der Waals surface area contributed by atoms with Gasteiger partial charge in [0.15, 0.2) is 0 Å². The van der Waals surface area contributed by atoms with Gasteiger partial charge in [-0.15, -0.1) is 0 Å². The standard InChI is InChI=1S/C26H26ClFN4O3S/c1-36(33,34)12-11-29-10-9-18-5-7-24-22(14-18)26(31-17-30-24)32-21-6-8-25(23(27)15-21)35-16-19-3-2-4-20(28)13-19/h2-8,13-15,17,29H,9-12,16H2,1H3,(H,30,31,32). The number of benzene rings is 3. The summed E-state index contributed by atoms with van der Waals surface area (Å²) in [7, 11) is -2.98. The van der Waals surface area contributed by atoms with Gasteiger partial charge in [0.05, 0.1) is 16.3 Å². The molecule has 0 amide bonds. The Morgan fingerprint density at radius 2 is 1.86 bits per heavy atom. The Bertz CT molecular complexity index is 1470. The first-order valence-corrected chi connectivity index (χ1v) is 13.8. The molecule has 36 heavy (non-hydrogen) atoms. The van der Waals surface area contributed by atoms with Crippen LogP contribution in [0.4, 0.5) is 15.9 Å². The van der Waals surface area contributed by atoms with Crippen molar-refractivity contribution in [1.29, 1.82) is 0 Å². The minimum atomic E-state index is -2.98.